The highest BCUT2D eigenvalue weighted by molar-refractivity contribution is 5.94. The summed E-state index contributed by atoms with van der Waals surface area (Å²) >= 11 is 0. The van der Waals surface area contributed by atoms with Gasteiger partial charge in [0.1, 0.15) is 29.5 Å². The van der Waals surface area contributed by atoms with E-state index < -0.39 is 113 Å². The Kier molecular flexibility index (Phi) is 11.4. The lowest BCUT2D eigenvalue weighted by molar-refractivity contribution is -0.595. The van der Waals surface area contributed by atoms with Crippen molar-refractivity contribution in [3.8, 4) is 0 Å². The fourth-order valence-electron chi connectivity index (χ4n) is 9.23. The molecule has 11 atom stereocenters. The molecule has 5 N–H and O–H groups in total. The molecule has 59 heavy (non-hydrogen) atoms. The van der Waals surface area contributed by atoms with Gasteiger partial charge in [0.2, 0.25) is 0 Å². The van der Waals surface area contributed by atoms with Gasteiger partial charge in [0.15, 0.2) is 18.0 Å². The van der Waals surface area contributed by atoms with Crippen molar-refractivity contribution in [1.82, 2.24) is 5.32 Å². The first kappa shape index (κ1) is 43.9. The van der Waals surface area contributed by atoms with Gasteiger partial charge in [-0.1, -0.05) is 61.9 Å². The molecule has 2 saturated carbocycles. The van der Waals surface area contributed by atoms with Gasteiger partial charge in [-0.25, -0.2) is 19.3 Å². The lowest BCUT2D eigenvalue weighted by Crippen LogP contribution is -2.81. The first-order valence-corrected chi connectivity index (χ1v) is 19.5. The van der Waals surface area contributed by atoms with Crippen LogP contribution in [-0.4, -0.2) is 104 Å². The zero-order chi connectivity index (χ0) is 43.6. The number of esters is 3. The van der Waals surface area contributed by atoms with E-state index >= 15 is 0 Å². The smallest absolute Gasteiger partial charge is 0.408 e. The third kappa shape index (κ3) is 7.44. The maximum Gasteiger partial charge on any atom is 0.408 e. The molecule has 4 aliphatic rings. The topological polar surface area (TPSA) is 234 Å². The number of ketones is 1. The Morgan fingerprint density at radius 3 is 2.14 bits per heavy atom. The zero-order valence-corrected chi connectivity index (χ0v) is 34.5. The predicted octanol–water partition coefficient (Wildman–Crippen LogP) is 3.46. The Morgan fingerprint density at radius 1 is 0.949 bits per heavy atom. The van der Waals surface area contributed by atoms with E-state index in [0.717, 1.165) is 12.5 Å². The number of rotatable bonds is 8. The number of aliphatic hydroxyl groups excluding tert-OH is 3. The van der Waals surface area contributed by atoms with Crippen molar-refractivity contribution in [1.29, 1.82) is 0 Å². The number of alkyl carbamates (subject to hydrolysis) is 1. The average Bonchev–Trinajstić information content (AvgIpc) is 3.15. The molecule has 2 aromatic carbocycles. The number of hydrogen-bond acceptors (Lipinski definition) is 15. The van der Waals surface area contributed by atoms with E-state index in [9.17, 15) is 44.4 Å². The van der Waals surface area contributed by atoms with Crippen LogP contribution in [0.3, 0.4) is 0 Å². The van der Waals surface area contributed by atoms with Crippen LogP contribution in [0, 0.1) is 23.7 Å². The van der Waals surface area contributed by atoms with Crippen LogP contribution < -0.4 is 5.32 Å². The van der Waals surface area contributed by atoms with Crippen LogP contribution in [0.15, 0.2) is 65.7 Å². The first-order chi connectivity index (χ1) is 27.4. The molecule has 1 amide bonds. The van der Waals surface area contributed by atoms with Gasteiger partial charge in [-0.2, -0.15) is 4.89 Å². The minimum Gasteiger partial charge on any atom is -0.456 e. The molecule has 0 aromatic heterocycles. The van der Waals surface area contributed by atoms with Gasteiger partial charge in [-0.15, -0.1) is 0 Å². The molecule has 1 aliphatic heterocycles. The van der Waals surface area contributed by atoms with Gasteiger partial charge in [-0.3, -0.25) is 9.59 Å². The second-order valence-electron chi connectivity index (χ2n) is 17.7. The SMILES string of the molecule is CC(=O)O[C@@]12OO[C@@H]1C[C@H](O)[C@@]1(C)C(=O)[C@H](O)C3=C(C)[C@@H](OC(=O)[C@H](O)[C@@H](NC(=O)OC(C)(C)C)c4ccc(C)cc4)C[C@@](O)([C@@H](OC(=O)c4ccccc4)[C@H]21)C3(C)C. The number of carbonyl (C=O) groups is 5. The summed E-state index contributed by atoms with van der Waals surface area (Å²) in [5, 5.41) is 51.5. The minimum absolute atomic E-state index is 0.0396. The quantitative estimate of drug-likeness (QED) is 0.111. The molecule has 6 rings (SSSR count). The summed E-state index contributed by atoms with van der Waals surface area (Å²) in [6.07, 6.45) is -12.2. The maximum atomic E-state index is 14.9. The molecule has 320 valence electrons. The van der Waals surface area contributed by atoms with Crippen molar-refractivity contribution in [2.24, 2.45) is 16.7 Å². The van der Waals surface area contributed by atoms with E-state index in [0.29, 0.717) is 5.56 Å². The van der Waals surface area contributed by atoms with Crippen LogP contribution >= 0.6 is 0 Å². The summed E-state index contributed by atoms with van der Waals surface area (Å²) in [4.78, 5) is 79.8. The summed E-state index contributed by atoms with van der Waals surface area (Å²) in [6.45, 7) is 13.6. The van der Waals surface area contributed by atoms with Gasteiger partial charge >= 0.3 is 24.0 Å². The van der Waals surface area contributed by atoms with Crippen molar-refractivity contribution in [3.63, 3.8) is 0 Å². The Balaban J connectivity index is 1.49. The van der Waals surface area contributed by atoms with E-state index in [4.69, 9.17) is 28.7 Å². The van der Waals surface area contributed by atoms with Crippen LogP contribution in [0.25, 0.3) is 0 Å². The summed E-state index contributed by atoms with van der Waals surface area (Å²) in [7, 11) is 0. The fourth-order valence-corrected chi connectivity index (χ4v) is 9.23. The molecule has 3 aliphatic carbocycles. The summed E-state index contributed by atoms with van der Waals surface area (Å²) in [5.74, 6) is -8.10. The number of ether oxygens (including phenoxy) is 4. The van der Waals surface area contributed by atoms with Crippen molar-refractivity contribution < 1.29 is 73.1 Å². The Bertz CT molecular complexity index is 2030. The number of fused-ring (bicyclic) bond motifs is 5. The molecule has 1 saturated heterocycles. The average molecular weight is 824 g/mol. The Labute approximate surface area is 341 Å². The van der Waals surface area contributed by atoms with Gasteiger partial charge in [0.25, 0.3) is 5.79 Å². The summed E-state index contributed by atoms with van der Waals surface area (Å²) in [5.41, 5.74) is -5.95. The lowest BCUT2D eigenvalue weighted by Gasteiger charge is -2.65. The van der Waals surface area contributed by atoms with E-state index in [1.165, 1.54) is 39.8 Å². The second kappa shape index (κ2) is 15.4. The van der Waals surface area contributed by atoms with Crippen molar-refractivity contribution >= 4 is 29.8 Å². The molecule has 1 heterocycles. The third-order valence-electron chi connectivity index (χ3n) is 12.4. The van der Waals surface area contributed by atoms with E-state index in [2.05, 4.69) is 5.32 Å². The molecule has 0 unspecified atom stereocenters. The number of hydrogen-bond donors (Lipinski definition) is 5. The maximum absolute atomic E-state index is 14.9. The predicted molar refractivity (Wildman–Crippen MR) is 205 cm³/mol. The molecule has 0 spiro atoms. The molecule has 2 aromatic rings. The molecule has 16 heteroatoms. The van der Waals surface area contributed by atoms with E-state index in [1.807, 2.05) is 6.92 Å². The highest BCUT2D eigenvalue weighted by Crippen LogP contribution is 2.64. The van der Waals surface area contributed by atoms with E-state index in [-0.39, 0.29) is 23.1 Å². The molecule has 0 radical (unpaired) electrons. The van der Waals surface area contributed by atoms with Gasteiger partial charge in [0.05, 0.1) is 29.0 Å². The largest absolute Gasteiger partial charge is 0.456 e. The number of amides is 1. The fraction of sp³-hybridized carbons (Fsp3) is 0.558. The molecule has 16 nitrogen and oxygen atoms in total. The van der Waals surface area contributed by atoms with Crippen LogP contribution in [0.4, 0.5) is 4.79 Å². The molecular formula is C43H53NO15. The van der Waals surface area contributed by atoms with Gasteiger partial charge < -0.3 is 44.7 Å². The van der Waals surface area contributed by atoms with Crippen molar-refractivity contribution in [2.75, 3.05) is 0 Å². The number of nitrogens with one attached hydrogen (secondary N) is 1. The minimum atomic E-state index is -2.44. The van der Waals surface area contributed by atoms with E-state index in [1.54, 1.807) is 63.2 Å². The van der Waals surface area contributed by atoms with Crippen LogP contribution in [-0.2, 0) is 43.1 Å². The first-order valence-electron chi connectivity index (χ1n) is 19.5. The second-order valence-corrected chi connectivity index (χ2v) is 17.7. The monoisotopic (exact) mass is 823 g/mol. The zero-order valence-electron chi connectivity index (χ0n) is 34.5. The molecule has 3 fully saturated rings. The number of benzene rings is 2. The number of Topliss-reactive ketones (excluding diaryl/α,β-unsaturated/α-hetero) is 1. The third-order valence-corrected chi connectivity index (χ3v) is 12.4. The standard InChI is InChI=1S/C43H53NO15/c1-21-15-17-24(18-16-21)30(44-38(52)57-39(4,5)6)32(48)37(51)54-26-20-42(53)35(55-36(50)25-13-11-10-12-14-25)33-41(9,34(49)31(47)29(22(26)2)40(42,7)8)27(46)19-28-43(33,59-58-28)56-23(3)45/h10-18,26-28,30-33,35,46-48,53H,19-20H2,1-9H3,(H,44,52)/t26-,27-,28+,30-,31+,32+,33-,35-,41+,42+,43+/m0/s1. The number of carbonyl (C=O) groups excluding carboxylic acids is 5. The van der Waals surface area contributed by atoms with Crippen LogP contribution in [0.1, 0.15) is 95.8 Å². The van der Waals surface area contributed by atoms with Gasteiger partial charge in [0, 0.05) is 25.2 Å². The number of aliphatic hydroxyl groups is 4. The van der Waals surface area contributed by atoms with Crippen LogP contribution in [0.2, 0.25) is 0 Å². The number of aryl methyl sites for hydroxylation is 1. The summed E-state index contributed by atoms with van der Waals surface area (Å²) in [6, 6.07) is 13.0. The van der Waals surface area contributed by atoms with Crippen LogP contribution in [0.5, 0.6) is 0 Å². The summed E-state index contributed by atoms with van der Waals surface area (Å²) < 4.78 is 23.4. The Hall–Kier alpha value is -4.71. The lowest BCUT2D eigenvalue weighted by atomic mass is 9.46. The van der Waals surface area contributed by atoms with Crippen molar-refractivity contribution in [2.45, 2.75) is 135 Å². The van der Waals surface area contributed by atoms with Crippen molar-refractivity contribution in [3.05, 3.63) is 82.4 Å². The highest BCUT2D eigenvalue weighted by atomic mass is 17.3. The molecular weight excluding hydrogens is 770 g/mol. The normalized spacial score (nSPS) is 33.3. The van der Waals surface area contributed by atoms with Gasteiger partial charge in [-0.05, 0) is 70.4 Å². The highest BCUT2D eigenvalue weighted by Gasteiger charge is 2.79. The molecule has 2 bridgehead atoms. The Morgan fingerprint density at radius 2 is 1.58 bits per heavy atom.